The molecule has 1 amide bonds. The highest BCUT2D eigenvalue weighted by Crippen LogP contribution is 2.12. The van der Waals surface area contributed by atoms with Crippen molar-refractivity contribution in [3.05, 3.63) is 11.9 Å². The molecule has 6 heteroatoms. The quantitative estimate of drug-likeness (QED) is 0.715. The Morgan fingerprint density at radius 3 is 2.82 bits per heavy atom. The Labute approximate surface area is 101 Å². The maximum absolute atomic E-state index is 10.7. The van der Waals surface area contributed by atoms with Gasteiger partial charge in [0.15, 0.2) is 0 Å². The van der Waals surface area contributed by atoms with Crippen molar-refractivity contribution in [2.75, 3.05) is 25.0 Å². The van der Waals surface area contributed by atoms with Crippen LogP contribution < -0.4 is 15.4 Å². The smallest absolute Gasteiger partial charge is 0.218 e. The number of hydrogen-bond acceptors (Lipinski definition) is 5. The van der Waals surface area contributed by atoms with E-state index >= 15 is 0 Å². The van der Waals surface area contributed by atoms with Gasteiger partial charge in [-0.05, 0) is 13.8 Å². The Morgan fingerprint density at radius 1 is 1.41 bits per heavy atom. The number of aryl methyl sites for hydroxylation is 1. The van der Waals surface area contributed by atoms with Gasteiger partial charge < -0.3 is 15.4 Å². The van der Waals surface area contributed by atoms with Gasteiger partial charge in [-0.25, -0.2) is 4.98 Å². The fourth-order valence-electron chi connectivity index (χ4n) is 1.28. The maximum atomic E-state index is 10.7. The van der Waals surface area contributed by atoms with Crippen LogP contribution in [0.3, 0.4) is 0 Å². The summed E-state index contributed by atoms with van der Waals surface area (Å²) in [5.41, 5.74) is 0. The minimum absolute atomic E-state index is 0.0410. The van der Waals surface area contributed by atoms with Crippen molar-refractivity contribution in [1.29, 1.82) is 0 Å². The van der Waals surface area contributed by atoms with Crippen molar-refractivity contribution >= 4 is 11.7 Å². The zero-order chi connectivity index (χ0) is 12.7. The van der Waals surface area contributed by atoms with Gasteiger partial charge in [-0.1, -0.05) is 0 Å². The molecule has 1 aromatic heterocycles. The first-order chi connectivity index (χ1) is 8.11. The lowest BCUT2D eigenvalue weighted by Gasteiger charge is -2.08. The van der Waals surface area contributed by atoms with Crippen molar-refractivity contribution in [1.82, 2.24) is 15.3 Å². The van der Waals surface area contributed by atoms with Crippen LogP contribution in [0.4, 0.5) is 5.82 Å². The SMILES string of the molecule is CCOc1cc(NCCNC(C)=O)nc(C)n1. The van der Waals surface area contributed by atoms with Gasteiger partial charge >= 0.3 is 0 Å². The maximum Gasteiger partial charge on any atom is 0.218 e. The van der Waals surface area contributed by atoms with Crippen LogP contribution in [0, 0.1) is 6.92 Å². The first-order valence-electron chi connectivity index (χ1n) is 5.58. The number of carbonyl (C=O) groups excluding carboxylic acids is 1. The molecule has 0 aliphatic heterocycles. The van der Waals surface area contributed by atoms with Gasteiger partial charge in [-0.15, -0.1) is 0 Å². The topological polar surface area (TPSA) is 76.1 Å². The Hall–Kier alpha value is -1.85. The monoisotopic (exact) mass is 238 g/mol. The minimum atomic E-state index is -0.0410. The first kappa shape index (κ1) is 13.2. The molecule has 0 atom stereocenters. The second-order valence-electron chi connectivity index (χ2n) is 3.48. The second-order valence-corrected chi connectivity index (χ2v) is 3.48. The number of nitrogens with one attached hydrogen (secondary N) is 2. The lowest BCUT2D eigenvalue weighted by atomic mass is 10.5. The summed E-state index contributed by atoms with van der Waals surface area (Å²) < 4.78 is 5.31. The largest absolute Gasteiger partial charge is 0.478 e. The molecule has 0 unspecified atom stereocenters. The molecule has 0 aromatic carbocycles. The molecule has 0 radical (unpaired) electrons. The molecule has 6 nitrogen and oxygen atoms in total. The lowest BCUT2D eigenvalue weighted by molar-refractivity contribution is -0.118. The zero-order valence-corrected chi connectivity index (χ0v) is 10.4. The van der Waals surface area contributed by atoms with Gasteiger partial charge in [0, 0.05) is 26.1 Å². The van der Waals surface area contributed by atoms with Crippen molar-refractivity contribution < 1.29 is 9.53 Å². The number of nitrogens with zero attached hydrogens (tertiary/aromatic N) is 2. The van der Waals surface area contributed by atoms with E-state index in [2.05, 4.69) is 20.6 Å². The molecule has 0 fully saturated rings. The van der Waals surface area contributed by atoms with Crippen LogP contribution in [0.2, 0.25) is 0 Å². The van der Waals surface area contributed by atoms with E-state index in [-0.39, 0.29) is 5.91 Å². The molecular formula is C11H18N4O2. The zero-order valence-electron chi connectivity index (χ0n) is 10.4. The Balaban J connectivity index is 2.49. The molecule has 0 saturated heterocycles. The number of amides is 1. The third-order valence-corrected chi connectivity index (χ3v) is 1.91. The summed E-state index contributed by atoms with van der Waals surface area (Å²) in [5.74, 6) is 1.87. The molecule has 0 spiro atoms. The van der Waals surface area contributed by atoms with Crippen LogP contribution in [-0.2, 0) is 4.79 Å². The van der Waals surface area contributed by atoms with Crippen molar-refractivity contribution in [2.45, 2.75) is 20.8 Å². The Kier molecular flexibility index (Phi) is 5.19. The number of ether oxygens (including phenoxy) is 1. The van der Waals surface area contributed by atoms with E-state index in [9.17, 15) is 4.79 Å². The highest BCUT2D eigenvalue weighted by Gasteiger charge is 2.01. The van der Waals surface area contributed by atoms with Crippen LogP contribution in [0.25, 0.3) is 0 Å². The van der Waals surface area contributed by atoms with Crippen molar-refractivity contribution in [2.24, 2.45) is 0 Å². The van der Waals surface area contributed by atoms with Gasteiger partial charge in [0.1, 0.15) is 11.6 Å². The molecule has 0 aliphatic carbocycles. The number of carbonyl (C=O) groups is 1. The van der Waals surface area contributed by atoms with Gasteiger partial charge in [-0.2, -0.15) is 4.98 Å². The summed E-state index contributed by atoms with van der Waals surface area (Å²) in [6.07, 6.45) is 0. The predicted molar refractivity (Wildman–Crippen MR) is 65.1 cm³/mol. The van der Waals surface area contributed by atoms with E-state index in [4.69, 9.17) is 4.74 Å². The van der Waals surface area contributed by atoms with Crippen LogP contribution in [0.1, 0.15) is 19.7 Å². The minimum Gasteiger partial charge on any atom is -0.478 e. The second kappa shape index (κ2) is 6.67. The van der Waals surface area contributed by atoms with Crippen LogP contribution >= 0.6 is 0 Å². The molecule has 1 aromatic rings. The molecule has 1 heterocycles. The number of anilines is 1. The average molecular weight is 238 g/mol. The van der Waals surface area contributed by atoms with Crippen LogP contribution in [-0.4, -0.2) is 35.6 Å². The molecule has 0 aliphatic rings. The van der Waals surface area contributed by atoms with E-state index < -0.39 is 0 Å². The van der Waals surface area contributed by atoms with Gasteiger partial charge in [0.25, 0.3) is 0 Å². The third kappa shape index (κ3) is 5.14. The molecular weight excluding hydrogens is 220 g/mol. The van der Waals surface area contributed by atoms with Crippen molar-refractivity contribution in [3.63, 3.8) is 0 Å². The molecule has 1 rings (SSSR count). The Morgan fingerprint density at radius 2 is 2.18 bits per heavy atom. The third-order valence-electron chi connectivity index (χ3n) is 1.91. The predicted octanol–water partition coefficient (Wildman–Crippen LogP) is 0.732. The molecule has 17 heavy (non-hydrogen) atoms. The van der Waals surface area contributed by atoms with E-state index in [1.165, 1.54) is 6.92 Å². The normalized spacial score (nSPS) is 9.82. The fraction of sp³-hybridized carbons (Fsp3) is 0.545. The summed E-state index contributed by atoms with van der Waals surface area (Å²) >= 11 is 0. The van der Waals surface area contributed by atoms with Crippen LogP contribution in [0.5, 0.6) is 5.88 Å². The van der Waals surface area contributed by atoms with E-state index in [1.54, 1.807) is 6.07 Å². The lowest BCUT2D eigenvalue weighted by Crippen LogP contribution is -2.26. The van der Waals surface area contributed by atoms with Gasteiger partial charge in [0.2, 0.25) is 11.8 Å². The number of rotatable bonds is 6. The Bertz CT molecular complexity index is 382. The molecule has 0 bridgehead atoms. The average Bonchev–Trinajstić information content (AvgIpc) is 2.24. The summed E-state index contributed by atoms with van der Waals surface area (Å²) in [7, 11) is 0. The van der Waals surface area contributed by atoms with Gasteiger partial charge in [0.05, 0.1) is 6.61 Å². The summed E-state index contributed by atoms with van der Waals surface area (Å²) in [6.45, 7) is 6.94. The summed E-state index contributed by atoms with van der Waals surface area (Å²) in [4.78, 5) is 19.0. The van der Waals surface area contributed by atoms with E-state index in [0.29, 0.717) is 37.2 Å². The molecule has 0 saturated carbocycles. The number of hydrogen-bond donors (Lipinski definition) is 2. The van der Waals surface area contributed by atoms with Crippen LogP contribution in [0.15, 0.2) is 6.07 Å². The van der Waals surface area contributed by atoms with E-state index in [0.717, 1.165) is 0 Å². The highest BCUT2D eigenvalue weighted by molar-refractivity contribution is 5.72. The fourth-order valence-corrected chi connectivity index (χ4v) is 1.28. The van der Waals surface area contributed by atoms with E-state index in [1.807, 2.05) is 13.8 Å². The molecule has 94 valence electrons. The van der Waals surface area contributed by atoms with Crippen molar-refractivity contribution in [3.8, 4) is 5.88 Å². The summed E-state index contributed by atoms with van der Waals surface area (Å²) in [6, 6.07) is 1.74. The molecule has 2 N–H and O–H groups in total. The highest BCUT2D eigenvalue weighted by atomic mass is 16.5. The standard InChI is InChI=1S/C11H18N4O2/c1-4-17-11-7-10(14-8(2)15-11)13-6-5-12-9(3)16/h7H,4-6H2,1-3H3,(H,12,16)(H,13,14,15). The van der Waals surface area contributed by atoms with Gasteiger partial charge in [-0.3, -0.25) is 4.79 Å². The first-order valence-corrected chi connectivity index (χ1v) is 5.58. The summed E-state index contributed by atoms with van der Waals surface area (Å²) in [5, 5.41) is 5.79. The number of aromatic nitrogens is 2.